The molecule has 0 radical (unpaired) electrons. The normalized spacial score (nSPS) is 13.0. The minimum Gasteiger partial charge on any atom is -0.481 e. The van der Waals surface area contributed by atoms with Crippen LogP contribution < -0.4 is 0 Å². The van der Waals surface area contributed by atoms with E-state index in [-0.39, 0.29) is 24.5 Å². The van der Waals surface area contributed by atoms with E-state index in [2.05, 4.69) is 4.98 Å². The van der Waals surface area contributed by atoms with Crippen molar-refractivity contribution in [3.63, 3.8) is 0 Å². The van der Waals surface area contributed by atoms with Crippen LogP contribution in [0.25, 0.3) is 10.6 Å². The number of benzene rings is 1. The third-order valence-electron chi connectivity index (χ3n) is 3.97. The monoisotopic (exact) mass is 399 g/mol. The number of carboxylic acids is 1. The van der Waals surface area contributed by atoms with E-state index in [1.165, 1.54) is 23.5 Å². The van der Waals surface area contributed by atoms with Crippen LogP contribution in [0.2, 0.25) is 0 Å². The summed E-state index contributed by atoms with van der Waals surface area (Å²) in [4.78, 5) is 27.7. The highest BCUT2D eigenvalue weighted by molar-refractivity contribution is 7.13. The third kappa shape index (κ3) is 6.16. The molecule has 0 spiro atoms. The maximum absolute atomic E-state index is 12.6. The van der Waals surface area contributed by atoms with Crippen molar-refractivity contribution in [3.8, 4) is 10.6 Å². The number of rotatable bonds is 8. The molecule has 0 amide bonds. The maximum atomic E-state index is 12.6. The molecular weight excluding hydrogens is 379 g/mol. The Morgan fingerprint density at radius 2 is 1.81 bits per heavy atom. The molecular formula is C19H20F3NO3S. The number of aromatic nitrogens is 1. The van der Waals surface area contributed by atoms with Crippen molar-refractivity contribution in [2.45, 2.75) is 39.3 Å². The summed E-state index contributed by atoms with van der Waals surface area (Å²) in [6.07, 6.45) is -4.01. The predicted molar refractivity (Wildman–Crippen MR) is 96.5 cm³/mol. The van der Waals surface area contributed by atoms with Gasteiger partial charge in [-0.2, -0.15) is 13.2 Å². The first-order valence-electron chi connectivity index (χ1n) is 8.42. The van der Waals surface area contributed by atoms with E-state index in [9.17, 15) is 27.9 Å². The van der Waals surface area contributed by atoms with E-state index < -0.39 is 23.6 Å². The third-order valence-corrected chi connectivity index (χ3v) is 4.91. The summed E-state index contributed by atoms with van der Waals surface area (Å²) in [5, 5.41) is 11.4. The Bertz CT molecular complexity index is 797. The van der Waals surface area contributed by atoms with Crippen LogP contribution in [0.3, 0.4) is 0 Å². The number of alkyl halides is 3. The minimum atomic E-state index is -4.39. The molecule has 8 heteroatoms. The van der Waals surface area contributed by atoms with Crippen LogP contribution in [0.15, 0.2) is 29.6 Å². The van der Waals surface area contributed by atoms with Gasteiger partial charge in [-0.25, -0.2) is 4.98 Å². The van der Waals surface area contributed by atoms with Crippen LogP contribution in [0.1, 0.15) is 37.9 Å². The first kappa shape index (κ1) is 21.1. The summed E-state index contributed by atoms with van der Waals surface area (Å²) < 4.78 is 37.9. The largest absolute Gasteiger partial charge is 0.481 e. The predicted octanol–water partition coefficient (Wildman–Crippen LogP) is 5.08. The van der Waals surface area contributed by atoms with E-state index in [4.69, 9.17) is 0 Å². The highest BCUT2D eigenvalue weighted by Gasteiger charge is 2.30. The molecule has 0 bridgehead atoms. The molecule has 1 aromatic carbocycles. The minimum absolute atomic E-state index is 0.0129. The van der Waals surface area contributed by atoms with Gasteiger partial charge in [-0.3, -0.25) is 9.59 Å². The molecule has 0 saturated heterocycles. The van der Waals surface area contributed by atoms with Crippen molar-refractivity contribution in [2.75, 3.05) is 0 Å². The SMILES string of the molecule is CC(C)C[C@@H](CC(=O)Cc1csc(-c2ccc(C(F)(F)F)cc2)n1)C(=O)O. The topological polar surface area (TPSA) is 67.3 Å². The molecule has 0 fully saturated rings. The molecule has 0 aliphatic carbocycles. The summed E-state index contributed by atoms with van der Waals surface area (Å²) in [5.74, 6) is -1.75. The highest BCUT2D eigenvalue weighted by Crippen LogP contribution is 2.32. The molecule has 1 atom stereocenters. The summed E-state index contributed by atoms with van der Waals surface area (Å²) in [7, 11) is 0. The van der Waals surface area contributed by atoms with Gasteiger partial charge in [-0.1, -0.05) is 26.0 Å². The highest BCUT2D eigenvalue weighted by atomic mass is 32.1. The van der Waals surface area contributed by atoms with Crippen LogP contribution in [0.4, 0.5) is 13.2 Å². The van der Waals surface area contributed by atoms with Gasteiger partial charge in [0.2, 0.25) is 0 Å². The van der Waals surface area contributed by atoms with Gasteiger partial charge in [-0.05, 0) is 24.5 Å². The maximum Gasteiger partial charge on any atom is 0.416 e. The molecule has 0 saturated carbocycles. The lowest BCUT2D eigenvalue weighted by molar-refractivity contribution is -0.144. The molecule has 0 aliphatic heterocycles. The van der Waals surface area contributed by atoms with Crippen molar-refractivity contribution in [2.24, 2.45) is 11.8 Å². The lowest BCUT2D eigenvalue weighted by Crippen LogP contribution is -2.20. The van der Waals surface area contributed by atoms with Gasteiger partial charge in [0.1, 0.15) is 10.8 Å². The number of halogens is 3. The number of ketones is 1. The van der Waals surface area contributed by atoms with Crippen LogP contribution in [0, 0.1) is 11.8 Å². The lowest BCUT2D eigenvalue weighted by Gasteiger charge is -2.13. The molecule has 2 aromatic rings. The van der Waals surface area contributed by atoms with Crippen LogP contribution in [0.5, 0.6) is 0 Å². The fraction of sp³-hybridized carbons (Fsp3) is 0.421. The smallest absolute Gasteiger partial charge is 0.416 e. The Morgan fingerprint density at radius 3 is 2.33 bits per heavy atom. The molecule has 4 nitrogen and oxygen atoms in total. The van der Waals surface area contributed by atoms with Gasteiger partial charge >= 0.3 is 12.1 Å². The molecule has 146 valence electrons. The summed E-state index contributed by atoms with van der Waals surface area (Å²) in [6.45, 7) is 3.80. The second kappa shape index (κ2) is 8.65. The summed E-state index contributed by atoms with van der Waals surface area (Å²) >= 11 is 1.23. The zero-order chi connectivity index (χ0) is 20.2. The van der Waals surface area contributed by atoms with Crippen LogP contribution >= 0.6 is 11.3 Å². The first-order chi connectivity index (χ1) is 12.6. The Morgan fingerprint density at radius 1 is 1.19 bits per heavy atom. The Balaban J connectivity index is 2.03. The van der Waals surface area contributed by atoms with E-state index in [1.54, 1.807) is 5.38 Å². The number of thiazole rings is 1. The molecule has 1 aromatic heterocycles. The van der Waals surface area contributed by atoms with Gasteiger partial charge in [0.15, 0.2) is 0 Å². The molecule has 1 heterocycles. The Labute approximate surface area is 159 Å². The second-order valence-corrected chi connectivity index (χ2v) is 7.66. The molecule has 1 N–H and O–H groups in total. The molecule has 0 aliphatic rings. The zero-order valence-corrected chi connectivity index (χ0v) is 15.7. The van der Waals surface area contributed by atoms with E-state index >= 15 is 0 Å². The van der Waals surface area contributed by atoms with Gasteiger partial charge in [0.25, 0.3) is 0 Å². The van der Waals surface area contributed by atoms with Crippen LogP contribution in [-0.2, 0) is 22.2 Å². The Kier molecular flexibility index (Phi) is 6.75. The van der Waals surface area contributed by atoms with Gasteiger partial charge in [0, 0.05) is 23.8 Å². The number of Topliss-reactive ketones (excluding diaryl/α,β-unsaturated/α-hetero) is 1. The first-order valence-corrected chi connectivity index (χ1v) is 9.30. The van der Waals surface area contributed by atoms with Gasteiger partial charge < -0.3 is 5.11 Å². The average Bonchev–Trinajstić information content (AvgIpc) is 3.01. The van der Waals surface area contributed by atoms with Crippen molar-refractivity contribution in [1.82, 2.24) is 4.98 Å². The number of nitrogens with zero attached hydrogens (tertiary/aromatic N) is 1. The Hall–Kier alpha value is -2.22. The van der Waals surface area contributed by atoms with Crippen molar-refractivity contribution >= 4 is 23.1 Å². The van der Waals surface area contributed by atoms with Crippen molar-refractivity contribution < 1.29 is 27.9 Å². The van der Waals surface area contributed by atoms with Crippen molar-refractivity contribution in [3.05, 3.63) is 40.9 Å². The quantitative estimate of drug-likeness (QED) is 0.672. The molecule has 0 unspecified atom stereocenters. The van der Waals surface area contributed by atoms with E-state index in [0.717, 1.165) is 12.1 Å². The number of hydrogen-bond donors (Lipinski definition) is 1. The standard InChI is InChI=1S/C19H20F3NO3S/c1-11(2)7-13(18(25)26)8-16(24)9-15-10-27-17(23-15)12-3-5-14(6-4-12)19(20,21)22/h3-6,10-11,13H,7-9H2,1-2H3,(H,25,26)/t13-/m0/s1. The summed E-state index contributed by atoms with van der Waals surface area (Å²) in [5.41, 5.74) is 0.298. The lowest BCUT2D eigenvalue weighted by atomic mass is 9.91. The van der Waals surface area contributed by atoms with E-state index in [0.29, 0.717) is 22.7 Å². The van der Waals surface area contributed by atoms with E-state index in [1.807, 2.05) is 13.8 Å². The number of carbonyl (C=O) groups is 2. The van der Waals surface area contributed by atoms with Crippen LogP contribution in [-0.4, -0.2) is 21.8 Å². The number of carbonyl (C=O) groups excluding carboxylic acids is 1. The molecule has 27 heavy (non-hydrogen) atoms. The second-order valence-electron chi connectivity index (χ2n) is 6.80. The number of aliphatic carboxylic acids is 1. The van der Waals surface area contributed by atoms with Gasteiger partial charge in [-0.15, -0.1) is 11.3 Å². The fourth-order valence-electron chi connectivity index (χ4n) is 2.71. The van der Waals surface area contributed by atoms with Gasteiger partial charge in [0.05, 0.1) is 17.2 Å². The number of carboxylic acid groups (broad SMARTS) is 1. The molecule has 2 rings (SSSR count). The fourth-order valence-corrected chi connectivity index (χ4v) is 3.54. The summed E-state index contributed by atoms with van der Waals surface area (Å²) in [6, 6.07) is 4.67. The zero-order valence-electron chi connectivity index (χ0n) is 14.9. The van der Waals surface area contributed by atoms with Crippen molar-refractivity contribution in [1.29, 1.82) is 0 Å². The number of hydrogen-bond acceptors (Lipinski definition) is 4. The average molecular weight is 399 g/mol.